The van der Waals surface area contributed by atoms with Crippen molar-refractivity contribution in [2.45, 2.75) is 32.7 Å². The van der Waals surface area contributed by atoms with Crippen molar-refractivity contribution in [1.82, 2.24) is 4.90 Å². The molecular weight excluding hydrogens is 240 g/mol. The van der Waals surface area contributed by atoms with Crippen LogP contribution in [-0.2, 0) is 0 Å². The molecule has 2 N–H and O–H groups in total. The number of imide groups is 1. The molecule has 1 aromatic carbocycles. The first-order valence-electron chi connectivity index (χ1n) is 6.77. The van der Waals surface area contributed by atoms with Gasteiger partial charge in [-0.05, 0) is 36.8 Å². The summed E-state index contributed by atoms with van der Waals surface area (Å²) in [6.45, 7) is 4.36. The van der Waals surface area contributed by atoms with Gasteiger partial charge in [0, 0.05) is 11.7 Å². The molecule has 4 nitrogen and oxygen atoms in total. The first-order valence-corrected chi connectivity index (χ1v) is 6.77. The van der Waals surface area contributed by atoms with E-state index in [0.717, 1.165) is 12.8 Å². The van der Waals surface area contributed by atoms with Gasteiger partial charge in [0.2, 0.25) is 0 Å². The summed E-state index contributed by atoms with van der Waals surface area (Å²) < 4.78 is 0. The van der Waals surface area contributed by atoms with Gasteiger partial charge in [-0.1, -0.05) is 19.9 Å². The molecule has 0 saturated heterocycles. The summed E-state index contributed by atoms with van der Waals surface area (Å²) in [5.74, 6) is 0.827. The molecule has 2 amide bonds. The average Bonchev–Trinajstić information content (AvgIpc) is 2.53. The number of hydrogen-bond donors (Lipinski definition) is 1. The zero-order chi connectivity index (χ0) is 13.7. The fraction of sp³-hybridized carbons (Fsp3) is 0.467. The van der Waals surface area contributed by atoms with Crippen molar-refractivity contribution in [3.8, 4) is 0 Å². The Balaban J connectivity index is 1.86. The number of amides is 2. The summed E-state index contributed by atoms with van der Waals surface area (Å²) in [6.07, 6.45) is 1.84. The summed E-state index contributed by atoms with van der Waals surface area (Å²) in [4.78, 5) is 26.1. The zero-order valence-corrected chi connectivity index (χ0v) is 11.2. The van der Waals surface area contributed by atoms with Gasteiger partial charge < -0.3 is 5.73 Å². The predicted octanol–water partition coefficient (Wildman–Crippen LogP) is 2.30. The van der Waals surface area contributed by atoms with E-state index in [1.165, 1.54) is 4.90 Å². The Morgan fingerprint density at radius 2 is 1.89 bits per heavy atom. The number of nitrogen functional groups attached to an aromatic ring is 1. The summed E-state index contributed by atoms with van der Waals surface area (Å²) in [5, 5.41) is 0. The third-order valence-electron chi connectivity index (χ3n) is 4.44. The minimum Gasteiger partial charge on any atom is -0.398 e. The number of benzene rings is 1. The van der Waals surface area contributed by atoms with E-state index >= 15 is 0 Å². The van der Waals surface area contributed by atoms with Gasteiger partial charge in [-0.15, -0.1) is 0 Å². The molecule has 3 rings (SSSR count). The fourth-order valence-electron chi connectivity index (χ4n) is 3.05. The lowest BCUT2D eigenvalue weighted by Gasteiger charge is -2.42. The maximum Gasteiger partial charge on any atom is 0.263 e. The van der Waals surface area contributed by atoms with Gasteiger partial charge in [0.05, 0.1) is 11.1 Å². The van der Waals surface area contributed by atoms with Gasteiger partial charge in [-0.3, -0.25) is 14.5 Å². The molecule has 100 valence electrons. The molecule has 0 bridgehead atoms. The topological polar surface area (TPSA) is 63.4 Å². The Labute approximate surface area is 112 Å². The van der Waals surface area contributed by atoms with Crippen molar-refractivity contribution in [3.05, 3.63) is 29.3 Å². The Morgan fingerprint density at radius 3 is 2.47 bits per heavy atom. The number of rotatable bonds is 2. The first-order chi connectivity index (χ1) is 9.00. The van der Waals surface area contributed by atoms with E-state index in [4.69, 9.17) is 5.73 Å². The van der Waals surface area contributed by atoms with Gasteiger partial charge in [0.1, 0.15) is 0 Å². The van der Waals surface area contributed by atoms with Crippen LogP contribution in [0, 0.1) is 11.8 Å². The molecule has 1 aliphatic heterocycles. The first kappa shape index (κ1) is 12.2. The van der Waals surface area contributed by atoms with Crippen LogP contribution in [0.25, 0.3) is 0 Å². The Bertz CT molecular complexity index is 559. The Morgan fingerprint density at radius 1 is 1.21 bits per heavy atom. The highest BCUT2D eigenvalue weighted by atomic mass is 16.2. The van der Waals surface area contributed by atoms with Crippen LogP contribution >= 0.6 is 0 Å². The van der Waals surface area contributed by atoms with E-state index in [0.29, 0.717) is 28.7 Å². The summed E-state index contributed by atoms with van der Waals surface area (Å²) in [6, 6.07) is 5.13. The van der Waals surface area contributed by atoms with Crippen LogP contribution in [0.3, 0.4) is 0 Å². The van der Waals surface area contributed by atoms with E-state index in [2.05, 4.69) is 13.8 Å². The van der Waals surface area contributed by atoms with Crippen LogP contribution in [0.2, 0.25) is 0 Å². The minimum atomic E-state index is -0.217. The third kappa shape index (κ3) is 1.66. The monoisotopic (exact) mass is 258 g/mol. The number of nitrogens with zero attached hydrogens (tertiary/aromatic N) is 1. The number of hydrogen-bond acceptors (Lipinski definition) is 3. The highest BCUT2D eigenvalue weighted by molar-refractivity contribution is 6.23. The van der Waals surface area contributed by atoms with Crippen LogP contribution in [0.4, 0.5) is 5.69 Å². The average molecular weight is 258 g/mol. The highest BCUT2D eigenvalue weighted by Crippen LogP contribution is 2.40. The Hall–Kier alpha value is -1.84. The summed E-state index contributed by atoms with van der Waals surface area (Å²) in [7, 11) is 0. The smallest absolute Gasteiger partial charge is 0.263 e. The van der Waals surface area contributed by atoms with Gasteiger partial charge in [0.15, 0.2) is 0 Å². The van der Waals surface area contributed by atoms with Crippen molar-refractivity contribution in [1.29, 1.82) is 0 Å². The lowest BCUT2D eigenvalue weighted by atomic mass is 9.73. The molecule has 1 aliphatic carbocycles. The number of carbonyl (C=O) groups excluding carboxylic acids is 2. The number of carbonyl (C=O) groups is 2. The molecule has 1 heterocycles. The van der Waals surface area contributed by atoms with E-state index in [-0.39, 0.29) is 17.9 Å². The molecule has 0 radical (unpaired) electrons. The summed E-state index contributed by atoms with van der Waals surface area (Å²) >= 11 is 0. The predicted molar refractivity (Wildman–Crippen MR) is 72.7 cm³/mol. The largest absolute Gasteiger partial charge is 0.398 e. The van der Waals surface area contributed by atoms with Crippen LogP contribution in [-0.4, -0.2) is 22.8 Å². The molecule has 19 heavy (non-hydrogen) atoms. The van der Waals surface area contributed by atoms with Crippen molar-refractivity contribution in [2.24, 2.45) is 11.8 Å². The second kappa shape index (κ2) is 4.08. The van der Waals surface area contributed by atoms with E-state index in [9.17, 15) is 9.59 Å². The maximum atomic E-state index is 12.4. The third-order valence-corrected chi connectivity index (χ3v) is 4.44. The minimum absolute atomic E-state index is 0.0548. The quantitative estimate of drug-likeness (QED) is 0.654. The lowest BCUT2D eigenvalue weighted by Crippen LogP contribution is -2.48. The highest BCUT2D eigenvalue weighted by Gasteiger charge is 2.46. The van der Waals surface area contributed by atoms with Crippen LogP contribution in [0.1, 0.15) is 47.4 Å². The van der Waals surface area contributed by atoms with E-state index in [1.54, 1.807) is 18.2 Å². The standard InChI is InChI=1S/C15H18N2O2/c1-8(2)9-6-10(7-9)17-14(18)11-4-3-5-12(16)13(11)15(17)19/h3-5,8-10H,6-7,16H2,1-2H3. The van der Waals surface area contributed by atoms with Crippen molar-refractivity contribution >= 4 is 17.5 Å². The summed E-state index contributed by atoms with van der Waals surface area (Å²) in [5.41, 5.74) is 7.07. The molecule has 1 saturated carbocycles. The molecule has 0 spiro atoms. The lowest BCUT2D eigenvalue weighted by molar-refractivity contribution is 0.0358. The number of nitrogens with two attached hydrogens (primary N) is 1. The molecule has 2 aliphatic rings. The number of fused-ring (bicyclic) bond motifs is 1. The van der Waals surface area contributed by atoms with Crippen LogP contribution < -0.4 is 5.73 Å². The van der Waals surface area contributed by atoms with Gasteiger partial charge in [0.25, 0.3) is 11.8 Å². The molecular formula is C15H18N2O2. The second-order valence-corrected chi connectivity index (χ2v) is 5.88. The molecule has 4 heteroatoms. The van der Waals surface area contributed by atoms with Crippen LogP contribution in [0.5, 0.6) is 0 Å². The van der Waals surface area contributed by atoms with Crippen LogP contribution in [0.15, 0.2) is 18.2 Å². The molecule has 0 atom stereocenters. The van der Waals surface area contributed by atoms with E-state index < -0.39 is 0 Å². The number of anilines is 1. The fourth-order valence-corrected chi connectivity index (χ4v) is 3.05. The zero-order valence-electron chi connectivity index (χ0n) is 11.2. The second-order valence-electron chi connectivity index (χ2n) is 5.88. The molecule has 0 aromatic heterocycles. The van der Waals surface area contributed by atoms with E-state index in [1.807, 2.05) is 0 Å². The normalized spacial score (nSPS) is 25.7. The van der Waals surface area contributed by atoms with Gasteiger partial charge in [-0.25, -0.2) is 0 Å². The van der Waals surface area contributed by atoms with Gasteiger partial charge >= 0.3 is 0 Å². The van der Waals surface area contributed by atoms with Crippen molar-refractivity contribution < 1.29 is 9.59 Å². The van der Waals surface area contributed by atoms with Crippen molar-refractivity contribution in [3.63, 3.8) is 0 Å². The molecule has 0 unspecified atom stereocenters. The molecule has 1 aromatic rings. The Kier molecular flexibility index (Phi) is 2.62. The maximum absolute atomic E-state index is 12.4. The van der Waals surface area contributed by atoms with Crippen molar-refractivity contribution in [2.75, 3.05) is 5.73 Å². The molecule has 1 fully saturated rings. The SMILES string of the molecule is CC(C)C1CC(N2C(=O)c3cccc(N)c3C2=O)C1. The van der Waals surface area contributed by atoms with Gasteiger partial charge in [-0.2, -0.15) is 0 Å².